The first-order valence-electron chi connectivity index (χ1n) is 8.73. The van der Waals surface area contributed by atoms with Gasteiger partial charge in [0.15, 0.2) is 20.1 Å². The van der Waals surface area contributed by atoms with E-state index in [1.807, 2.05) is 19.2 Å². The summed E-state index contributed by atoms with van der Waals surface area (Å²) < 4.78 is 26.9. The van der Waals surface area contributed by atoms with E-state index in [0.717, 1.165) is 11.3 Å². The summed E-state index contributed by atoms with van der Waals surface area (Å²) in [6.45, 7) is 5.50. The van der Waals surface area contributed by atoms with Crippen LogP contribution in [0.1, 0.15) is 24.0 Å². The van der Waals surface area contributed by atoms with Crippen molar-refractivity contribution in [3.63, 3.8) is 0 Å². The molecule has 0 aliphatic carbocycles. The van der Waals surface area contributed by atoms with Gasteiger partial charge in [0.05, 0.1) is 15.8 Å². The number of amides is 1. The van der Waals surface area contributed by atoms with E-state index in [2.05, 4.69) is 20.5 Å². The molecular formula is C18H21N5O3S3. The number of carbonyl (C=O) groups is 1. The lowest BCUT2D eigenvalue weighted by molar-refractivity contribution is -0.115. The van der Waals surface area contributed by atoms with E-state index in [1.165, 1.54) is 23.1 Å². The molecule has 1 atom stereocenters. The summed E-state index contributed by atoms with van der Waals surface area (Å²) in [6.07, 6.45) is 0. The zero-order valence-electron chi connectivity index (χ0n) is 16.4. The van der Waals surface area contributed by atoms with E-state index in [4.69, 9.17) is 0 Å². The Bertz CT molecular complexity index is 1120. The molecule has 0 spiro atoms. The summed E-state index contributed by atoms with van der Waals surface area (Å²) in [5.41, 5.74) is 1.83. The molecule has 3 aromatic rings. The van der Waals surface area contributed by atoms with E-state index in [-0.39, 0.29) is 16.6 Å². The van der Waals surface area contributed by atoms with Crippen LogP contribution < -0.4 is 5.32 Å². The third-order valence-electron chi connectivity index (χ3n) is 4.12. The van der Waals surface area contributed by atoms with E-state index in [1.54, 1.807) is 42.8 Å². The lowest BCUT2D eigenvalue weighted by Gasteiger charge is -2.10. The van der Waals surface area contributed by atoms with Crippen molar-refractivity contribution in [2.75, 3.05) is 5.32 Å². The highest BCUT2D eigenvalue weighted by molar-refractivity contribution is 8.00. The highest BCUT2D eigenvalue weighted by Crippen LogP contribution is 2.25. The number of benzene rings is 1. The molecule has 0 aliphatic rings. The molecule has 154 valence electrons. The fourth-order valence-corrected chi connectivity index (χ4v) is 5.24. The fraction of sp³-hybridized carbons (Fsp3) is 0.333. The van der Waals surface area contributed by atoms with Gasteiger partial charge in [-0.05, 0) is 32.9 Å². The van der Waals surface area contributed by atoms with Gasteiger partial charge in [0, 0.05) is 12.4 Å². The molecule has 0 saturated carbocycles. The van der Waals surface area contributed by atoms with Crippen LogP contribution in [0.4, 0.5) is 5.13 Å². The van der Waals surface area contributed by atoms with E-state index in [9.17, 15) is 13.2 Å². The molecule has 1 N–H and O–H groups in total. The smallest absolute Gasteiger partial charge is 0.239 e. The predicted molar refractivity (Wildman–Crippen MR) is 114 cm³/mol. The minimum atomic E-state index is -3.54. The number of nitrogens with zero attached hydrogens (tertiary/aromatic N) is 4. The molecule has 0 radical (unpaired) electrons. The first-order chi connectivity index (χ1) is 13.7. The van der Waals surface area contributed by atoms with Gasteiger partial charge < -0.3 is 9.88 Å². The standard InChI is InChI=1S/C18H21N5O3S3/c1-11-5-7-14(8-6-11)29(25,26)10-15-21-22-18(23(15)4)28-13(3)16(24)20-17-19-12(2)9-27-17/h5-9,13H,10H2,1-4H3,(H,19,20,24). The summed E-state index contributed by atoms with van der Waals surface area (Å²) in [7, 11) is -1.85. The quantitative estimate of drug-likeness (QED) is 0.550. The van der Waals surface area contributed by atoms with Crippen molar-refractivity contribution >= 4 is 44.0 Å². The Hall–Kier alpha value is -2.24. The molecule has 8 nitrogen and oxygen atoms in total. The third kappa shape index (κ3) is 5.22. The SMILES string of the molecule is Cc1ccc(S(=O)(=O)Cc2nnc(SC(C)C(=O)Nc3nc(C)cs3)n2C)cc1. The Balaban J connectivity index is 1.68. The lowest BCUT2D eigenvalue weighted by atomic mass is 10.2. The molecule has 0 aliphatic heterocycles. The Morgan fingerprint density at radius 3 is 2.55 bits per heavy atom. The maximum absolute atomic E-state index is 12.7. The Kier molecular flexibility index (Phi) is 6.39. The molecule has 0 fully saturated rings. The number of thiazole rings is 1. The van der Waals surface area contributed by atoms with Crippen molar-refractivity contribution in [2.45, 2.75) is 41.8 Å². The van der Waals surface area contributed by atoms with Crippen LogP contribution in [0.3, 0.4) is 0 Å². The van der Waals surface area contributed by atoms with Crippen molar-refractivity contribution in [3.05, 3.63) is 46.7 Å². The van der Waals surface area contributed by atoms with Gasteiger partial charge in [0.2, 0.25) is 5.91 Å². The normalized spacial score (nSPS) is 12.7. The fourth-order valence-electron chi connectivity index (χ4n) is 2.40. The molecule has 0 saturated heterocycles. The van der Waals surface area contributed by atoms with Crippen LogP contribution in [0.15, 0.2) is 39.7 Å². The van der Waals surface area contributed by atoms with Crippen LogP contribution in [0.25, 0.3) is 0 Å². The molecular weight excluding hydrogens is 430 g/mol. The molecule has 2 aromatic heterocycles. The van der Waals surface area contributed by atoms with Crippen LogP contribution >= 0.6 is 23.1 Å². The second kappa shape index (κ2) is 8.64. The Morgan fingerprint density at radius 1 is 1.24 bits per heavy atom. The van der Waals surface area contributed by atoms with Gasteiger partial charge in [-0.25, -0.2) is 13.4 Å². The van der Waals surface area contributed by atoms with Gasteiger partial charge in [-0.2, -0.15) is 0 Å². The Labute approximate surface area is 177 Å². The number of rotatable bonds is 7. The summed E-state index contributed by atoms with van der Waals surface area (Å²) >= 11 is 2.57. The molecule has 1 amide bonds. The number of anilines is 1. The molecule has 1 unspecified atom stereocenters. The highest BCUT2D eigenvalue weighted by atomic mass is 32.2. The van der Waals surface area contributed by atoms with Crippen molar-refractivity contribution in [2.24, 2.45) is 7.05 Å². The molecule has 1 aromatic carbocycles. The van der Waals surface area contributed by atoms with Gasteiger partial charge in [-0.15, -0.1) is 21.5 Å². The largest absolute Gasteiger partial charge is 0.308 e. The zero-order chi connectivity index (χ0) is 21.2. The van der Waals surface area contributed by atoms with Gasteiger partial charge in [0.25, 0.3) is 0 Å². The predicted octanol–water partition coefficient (Wildman–Crippen LogP) is 2.98. The van der Waals surface area contributed by atoms with Crippen molar-refractivity contribution in [3.8, 4) is 0 Å². The average molecular weight is 452 g/mol. The number of hydrogen-bond acceptors (Lipinski definition) is 8. The minimum absolute atomic E-state index is 0.207. The highest BCUT2D eigenvalue weighted by Gasteiger charge is 2.23. The number of carbonyl (C=O) groups excluding carboxylic acids is 1. The molecule has 11 heteroatoms. The summed E-state index contributed by atoms with van der Waals surface area (Å²) in [6, 6.07) is 6.69. The number of aryl methyl sites for hydroxylation is 2. The number of sulfone groups is 1. The molecule has 0 bridgehead atoms. The third-order valence-corrected chi connectivity index (χ3v) is 7.76. The van der Waals surface area contributed by atoms with Gasteiger partial charge in [-0.3, -0.25) is 4.79 Å². The second-order valence-corrected chi connectivity index (χ2v) is 10.7. The first-order valence-corrected chi connectivity index (χ1v) is 12.1. The Morgan fingerprint density at radius 2 is 1.93 bits per heavy atom. The van der Waals surface area contributed by atoms with Gasteiger partial charge in [-0.1, -0.05) is 29.5 Å². The van der Waals surface area contributed by atoms with E-state index >= 15 is 0 Å². The van der Waals surface area contributed by atoms with Gasteiger partial charge >= 0.3 is 0 Å². The van der Waals surface area contributed by atoms with Crippen LogP contribution in [-0.4, -0.2) is 39.3 Å². The molecule has 2 heterocycles. The summed E-state index contributed by atoms with van der Waals surface area (Å²) in [5.74, 6) is -0.156. The van der Waals surface area contributed by atoms with Crippen molar-refractivity contribution < 1.29 is 13.2 Å². The number of thioether (sulfide) groups is 1. The average Bonchev–Trinajstić information content (AvgIpc) is 3.21. The molecule has 3 rings (SSSR count). The zero-order valence-corrected chi connectivity index (χ0v) is 18.9. The molecule has 29 heavy (non-hydrogen) atoms. The maximum atomic E-state index is 12.7. The first kappa shape index (κ1) is 21.5. The van der Waals surface area contributed by atoms with Gasteiger partial charge in [0.1, 0.15) is 11.6 Å². The van der Waals surface area contributed by atoms with Crippen LogP contribution in [0, 0.1) is 13.8 Å². The van der Waals surface area contributed by atoms with Crippen molar-refractivity contribution in [1.82, 2.24) is 19.7 Å². The number of nitrogens with one attached hydrogen (secondary N) is 1. The summed E-state index contributed by atoms with van der Waals surface area (Å²) in [5, 5.41) is 13.3. The monoisotopic (exact) mass is 451 g/mol. The number of hydrogen-bond donors (Lipinski definition) is 1. The minimum Gasteiger partial charge on any atom is -0.308 e. The lowest BCUT2D eigenvalue weighted by Crippen LogP contribution is -2.22. The van der Waals surface area contributed by atoms with Crippen LogP contribution in [-0.2, 0) is 27.4 Å². The topological polar surface area (TPSA) is 107 Å². The van der Waals surface area contributed by atoms with Crippen LogP contribution in [0.2, 0.25) is 0 Å². The second-order valence-electron chi connectivity index (χ2n) is 6.57. The summed E-state index contributed by atoms with van der Waals surface area (Å²) in [4.78, 5) is 16.8. The number of aromatic nitrogens is 4. The van der Waals surface area contributed by atoms with Crippen LogP contribution in [0.5, 0.6) is 0 Å². The maximum Gasteiger partial charge on any atom is 0.239 e. The van der Waals surface area contributed by atoms with E-state index in [0.29, 0.717) is 16.1 Å². The van der Waals surface area contributed by atoms with E-state index < -0.39 is 15.1 Å². The van der Waals surface area contributed by atoms with Crippen molar-refractivity contribution in [1.29, 1.82) is 0 Å².